The Morgan fingerprint density at radius 2 is 1.72 bits per heavy atom. The number of aromatic nitrogens is 2. The maximum absolute atomic E-state index is 4.37. The summed E-state index contributed by atoms with van der Waals surface area (Å²) in [6, 6.07) is 0. The Kier molecular flexibility index (Phi) is 7.23. The van der Waals surface area contributed by atoms with Gasteiger partial charge in [-0.1, -0.05) is 54.4 Å². The zero-order valence-electron chi connectivity index (χ0n) is 11.6. The Morgan fingerprint density at radius 1 is 1.17 bits per heavy atom. The van der Waals surface area contributed by atoms with Gasteiger partial charge in [-0.15, -0.1) is 0 Å². The summed E-state index contributed by atoms with van der Waals surface area (Å²) in [6.07, 6.45) is 8.80. The maximum atomic E-state index is 4.37. The molecular formula is C14H23BrN2S. The van der Waals surface area contributed by atoms with Crippen LogP contribution in [0.2, 0.25) is 0 Å². The van der Waals surface area contributed by atoms with E-state index < -0.39 is 0 Å². The molecule has 2 nitrogen and oxygen atoms in total. The van der Waals surface area contributed by atoms with Crippen LogP contribution in [0.3, 0.4) is 0 Å². The minimum absolute atomic E-state index is 0.391. The van der Waals surface area contributed by atoms with Crippen LogP contribution in [0.25, 0.3) is 0 Å². The van der Waals surface area contributed by atoms with E-state index in [2.05, 4.69) is 39.7 Å². The van der Waals surface area contributed by atoms with Crippen molar-refractivity contribution in [3.63, 3.8) is 0 Å². The first-order valence-electron chi connectivity index (χ1n) is 6.63. The number of rotatable bonds is 8. The van der Waals surface area contributed by atoms with Gasteiger partial charge in [-0.05, 0) is 30.7 Å². The number of aryl methyl sites for hydroxylation is 1. The second kappa shape index (κ2) is 8.16. The second-order valence-electron chi connectivity index (χ2n) is 4.97. The summed E-state index contributed by atoms with van der Waals surface area (Å²) in [4.78, 5) is 8.74. The molecule has 0 aliphatic rings. The van der Waals surface area contributed by atoms with Crippen molar-refractivity contribution in [1.29, 1.82) is 0 Å². The minimum Gasteiger partial charge on any atom is -0.231 e. The molecule has 1 rings (SSSR count). The zero-order chi connectivity index (χ0) is 13.4. The smallest absolute Gasteiger partial charge is 0.187 e. The van der Waals surface area contributed by atoms with Gasteiger partial charge in [-0.3, -0.25) is 0 Å². The topological polar surface area (TPSA) is 25.8 Å². The zero-order valence-corrected chi connectivity index (χ0v) is 14.0. The molecule has 4 heteroatoms. The van der Waals surface area contributed by atoms with E-state index in [-0.39, 0.29) is 0 Å². The van der Waals surface area contributed by atoms with E-state index in [0.29, 0.717) is 5.41 Å². The molecule has 0 amide bonds. The van der Waals surface area contributed by atoms with Crippen molar-refractivity contribution >= 4 is 27.7 Å². The van der Waals surface area contributed by atoms with Gasteiger partial charge in [0.25, 0.3) is 0 Å². The van der Waals surface area contributed by atoms with E-state index in [0.717, 1.165) is 21.8 Å². The van der Waals surface area contributed by atoms with E-state index in [1.807, 2.05) is 19.3 Å². The number of hydrogen-bond donors (Lipinski definition) is 0. The fourth-order valence-electron chi connectivity index (χ4n) is 2.18. The van der Waals surface area contributed by atoms with Gasteiger partial charge >= 0.3 is 0 Å². The number of thioether (sulfide) groups is 1. The molecular weight excluding hydrogens is 308 g/mol. The van der Waals surface area contributed by atoms with Crippen LogP contribution in [0.4, 0.5) is 0 Å². The predicted molar refractivity (Wildman–Crippen MR) is 83.5 cm³/mol. The average Bonchev–Trinajstić information content (AvgIpc) is 2.38. The third-order valence-corrected chi connectivity index (χ3v) is 5.52. The summed E-state index contributed by atoms with van der Waals surface area (Å²) in [5, 5.41) is 1.97. The molecule has 102 valence electrons. The van der Waals surface area contributed by atoms with E-state index in [1.165, 1.54) is 25.7 Å². The van der Waals surface area contributed by atoms with Crippen molar-refractivity contribution in [3.05, 3.63) is 18.0 Å². The average molecular weight is 331 g/mol. The molecule has 0 atom stereocenters. The molecule has 0 unspecified atom stereocenters. The molecule has 0 aliphatic carbocycles. The highest BCUT2D eigenvalue weighted by atomic mass is 79.9. The molecule has 1 aromatic heterocycles. The normalized spacial score (nSPS) is 11.8. The fourth-order valence-corrected chi connectivity index (χ4v) is 4.28. The standard InChI is InChI=1S/C14H23BrN2S/c1-4-6-14(10-15,7-5-2)11-18-13-16-8-12(3)9-17-13/h8-9H,4-7,10-11H2,1-3H3. The number of halogens is 1. The maximum Gasteiger partial charge on any atom is 0.187 e. The summed E-state index contributed by atoms with van der Waals surface area (Å²) < 4.78 is 0. The van der Waals surface area contributed by atoms with Crippen molar-refractivity contribution in [1.82, 2.24) is 9.97 Å². The van der Waals surface area contributed by atoms with Crippen LogP contribution in [-0.2, 0) is 0 Å². The lowest BCUT2D eigenvalue weighted by molar-refractivity contribution is 0.320. The Morgan fingerprint density at radius 3 is 2.17 bits per heavy atom. The third kappa shape index (κ3) is 4.88. The van der Waals surface area contributed by atoms with Gasteiger partial charge in [0.15, 0.2) is 5.16 Å². The Hall–Kier alpha value is -0.0900. The first-order valence-corrected chi connectivity index (χ1v) is 8.74. The van der Waals surface area contributed by atoms with Crippen molar-refractivity contribution in [3.8, 4) is 0 Å². The third-order valence-electron chi connectivity index (χ3n) is 3.11. The Bertz CT molecular complexity index is 334. The van der Waals surface area contributed by atoms with Crippen molar-refractivity contribution in [2.45, 2.75) is 51.6 Å². The van der Waals surface area contributed by atoms with Gasteiger partial charge in [0.2, 0.25) is 0 Å². The molecule has 0 aliphatic heterocycles. The van der Waals surface area contributed by atoms with E-state index >= 15 is 0 Å². The Balaban J connectivity index is 2.63. The molecule has 1 heterocycles. The fraction of sp³-hybridized carbons (Fsp3) is 0.714. The van der Waals surface area contributed by atoms with Crippen LogP contribution in [0.15, 0.2) is 17.6 Å². The van der Waals surface area contributed by atoms with Gasteiger partial charge in [-0.2, -0.15) is 0 Å². The molecule has 0 spiro atoms. The molecule has 0 radical (unpaired) electrons. The molecule has 0 aromatic carbocycles. The summed E-state index contributed by atoms with van der Waals surface area (Å²) in [5.74, 6) is 1.10. The highest BCUT2D eigenvalue weighted by molar-refractivity contribution is 9.09. The van der Waals surface area contributed by atoms with Crippen LogP contribution in [0, 0.1) is 12.3 Å². The lowest BCUT2D eigenvalue weighted by Gasteiger charge is -2.31. The number of nitrogens with zero attached hydrogens (tertiary/aromatic N) is 2. The summed E-state index contributed by atoms with van der Waals surface area (Å²) >= 11 is 5.49. The lowest BCUT2D eigenvalue weighted by Crippen LogP contribution is -2.25. The summed E-state index contributed by atoms with van der Waals surface area (Å²) in [7, 11) is 0. The minimum atomic E-state index is 0.391. The predicted octanol–water partition coefficient (Wildman–Crippen LogP) is 4.86. The first-order chi connectivity index (χ1) is 8.65. The molecule has 0 bridgehead atoms. The molecule has 18 heavy (non-hydrogen) atoms. The number of alkyl halides is 1. The van der Waals surface area contributed by atoms with Crippen LogP contribution in [0.1, 0.15) is 45.1 Å². The number of hydrogen-bond acceptors (Lipinski definition) is 3. The monoisotopic (exact) mass is 330 g/mol. The van der Waals surface area contributed by atoms with Crippen LogP contribution >= 0.6 is 27.7 Å². The van der Waals surface area contributed by atoms with Crippen LogP contribution in [-0.4, -0.2) is 21.1 Å². The molecule has 1 aromatic rings. The van der Waals surface area contributed by atoms with Crippen molar-refractivity contribution < 1.29 is 0 Å². The lowest BCUT2D eigenvalue weighted by atomic mass is 9.83. The van der Waals surface area contributed by atoms with Crippen LogP contribution in [0.5, 0.6) is 0 Å². The van der Waals surface area contributed by atoms with E-state index in [1.54, 1.807) is 11.8 Å². The largest absolute Gasteiger partial charge is 0.231 e. The second-order valence-corrected chi connectivity index (χ2v) is 6.47. The van der Waals surface area contributed by atoms with Gasteiger partial charge in [0, 0.05) is 23.5 Å². The SMILES string of the molecule is CCCC(CBr)(CCC)CSc1ncc(C)cn1. The van der Waals surface area contributed by atoms with Crippen molar-refractivity contribution in [2.24, 2.45) is 5.41 Å². The molecule has 0 fully saturated rings. The van der Waals surface area contributed by atoms with E-state index in [4.69, 9.17) is 0 Å². The summed E-state index contributed by atoms with van der Waals surface area (Å²) in [6.45, 7) is 6.55. The van der Waals surface area contributed by atoms with Gasteiger partial charge in [-0.25, -0.2) is 9.97 Å². The highest BCUT2D eigenvalue weighted by Crippen LogP contribution is 2.37. The molecule has 0 N–H and O–H groups in total. The quantitative estimate of drug-likeness (QED) is 0.386. The van der Waals surface area contributed by atoms with E-state index in [9.17, 15) is 0 Å². The van der Waals surface area contributed by atoms with Crippen molar-refractivity contribution in [2.75, 3.05) is 11.1 Å². The molecule has 0 saturated heterocycles. The van der Waals surface area contributed by atoms with Crippen LogP contribution < -0.4 is 0 Å². The highest BCUT2D eigenvalue weighted by Gasteiger charge is 2.27. The molecule has 0 saturated carbocycles. The van der Waals surface area contributed by atoms with Gasteiger partial charge in [0.1, 0.15) is 0 Å². The summed E-state index contributed by atoms with van der Waals surface area (Å²) in [5.41, 5.74) is 1.51. The Labute approximate surface area is 124 Å². The first kappa shape index (κ1) is 16.0. The van der Waals surface area contributed by atoms with Gasteiger partial charge in [0.05, 0.1) is 0 Å². The van der Waals surface area contributed by atoms with Gasteiger partial charge < -0.3 is 0 Å².